The molecule has 0 aliphatic rings. The molecule has 2 rings (SSSR count). The molecular formula is C12H14ClN3O. The standard InChI is InChI=1S/C12H14ClN3O/c1-8-4-5-10(17-8)9-6-11(13)15-12(14-9)7-16(2)3/h4-6H,7H2,1-3H3. The maximum absolute atomic E-state index is 5.98. The molecule has 17 heavy (non-hydrogen) atoms. The highest BCUT2D eigenvalue weighted by atomic mass is 35.5. The number of rotatable bonds is 3. The number of aromatic nitrogens is 2. The molecule has 90 valence electrons. The lowest BCUT2D eigenvalue weighted by Crippen LogP contribution is -2.13. The molecule has 2 aromatic rings. The fourth-order valence-electron chi connectivity index (χ4n) is 1.52. The third kappa shape index (κ3) is 3.05. The number of hydrogen-bond donors (Lipinski definition) is 0. The summed E-state index contributed by atoms with van der Waals surface area (Å²) in [6, 6.07) is 5.49. The van der Waals surface area contributed by atoms with Crippen LogP contribution in [0.15, 0.2) is 22.6 Å². The number of halogens is 1. The second-order valence-corrected chi connectivity index (χ2v) is 4.53. The second kappa shape index (κ2) is 4.85. The normalized spacial score (nSPS) is 11.1. The zero-order valence-electron chi connectivity index (χ0n) is 10.1. The maximum Gasteiger partial charge on any atom is 0.152 e. The molecule has 0 amide bonds. The van der Waals surface area contributed by atoms with Crippen molar-refractivity contribution in [1.29, 1.82) is 0 Å². The number of aryl methyl sites for hydroxylation is 1. The number of hydrogen-bond acceptors (Lipinski definition) is 4. The van der Waals surface area contributed by atoms with Crippen LogP contribution in [0, 0.1) is 6.92 Å². The van der Waals surface area contributed by atoms with Crippen LogP contribution in [0.4, 0.5) is 0 Å². The molecule has 0 aromatic carbocycles. The monoisotopic (exact) mass is 251 g/mol. The summed E-state index contributed by atoms with van der Waals surface area (Å²) in [5, 5.41) is 0.431. The van der Waals surface area contributed by atoms with E-state index in [4.69, 9.17) is 16.0 Å². The molecule has 0 saturated heterocycles. The van der Waals surface area contributed by atoms with Crippen LogP contribution < -0.4 is 0 Å². The molecule has 0 saturated carbocycles. The highest BCUT2D eigenvalue weighted by Gasteiger charge is 2.09. The Balaban J connectivity index is 2.37. The molecule has 0 bridgehead atoms. The molecular weight excluding hydrogens is 238 g/mol. The largest absolute Gasteiger partial charge is 0.460 e. The topological polar surface area (TPSA) is 42.2 Å². The van der Waals surface area contributed by atoms with E-state index in [2.05, 4.69) is 9.97 Å². The maximum atomic E-state index is 5.98. The van der Waals surface area contributed by atoms with Gasteiger partial charge in [0.15, 0.2) is 5.76 Å². The van der Waals surface area contributed by atoms with E-state index in [1.165, 1.54) is 0 Å². The summed E-state index contributed by atoms with van der Waals surface area (Å²) in [7, 11) is 3.92. The molecule has 0 unspecified atom stereocenters. The lowest BCUT2D eigenvalue weighted by Gasteiger charge is -2.09. The fourth-order valence-corrected chi connectivity index (χ4v) is 1.72. The number of furan rings is 1. The van der Waals surface area contributed by atoms with Crippen LogP contribution in [0.2, 0.25) is 5.15 Å². The van der Waals surface area contributed by atoms with Gasteiger partial charge in [-0.1, -0.05) is 11.6 Å². The molecule has 0 fully saturated rings. The Morgan fingerprint density at radius 2 is 2.06 bits per heavy atom. The van der Waals surface area contributed by atoms with Crippen molar-refractivity contribution >= 4 is 11.6 Å². The van der Waals surface area contributed by atoms with Gasteiger partial charge < -0.3 is 9.32 Å². The van der Waals surface area contributed by atoms with Gasteiger partial charge in [-0.3, -0.25) is 0 Å². The van der Waals surface area contributed by atoms with Gasteiger partial charge in [0.2, 0.25) is 0 Å². The Labute approximate surface area is 105 Å². The summed E-state index contributed by atoms with van der Waals surface area (Å²) in [6.45, 7) is 2.54. The summed E-state index contributed by atoms with van der Waals surface area (Å²) in [6.07, 6.45) is 0. The van der Waals surface area contributed by atoms with Crippen LogP contribution in [0.1, 0.15) is 11.6 Å². The summed E-state index contributed by atoms with van der Waals surface area (Å²) in [4.78, 5) is 10.6. The van der Waals surface area contributed by atoms with Gasteiger partial charge in [-0.05, 0) is 33.2 Å². The first-order valence-corrected chi connectivity index (χ1v) is 5.67. The Hall–Kier alpha value is -1.39. The van der Waals surface area contributed by atoms with E-state index in [1.54, 1.807) is 6.07 Å². The van der Waals surface area contributed by atoms with Crippen LogP contribution in [-0.2, 0) is 6.54 Å². The van der Waals surface area contributed by atoms with Gasteiger partial charge in [-0.15, -0.1) is 0 Å². The predicted molar refractivity (Wildman–Crippen MR) is 66.9 cm³/mol. The first-order chi connectivity index (χ1) is 8.04. The van der Waals surface area contributed by atoms with Crippen LogP contribution in [0.3, 0.4) is 0 Å². The van der Waals surface area contributed by atoms with Gasteiger partial charge in [0.1, 0.15) is 22.4 Å². The van der Waals surface area contributed by atoms with Gasteiger partial charge in [0.25, 0.3) is 0 Å². The van der Waals surface area contributed by atoms with Gasteiger partial charge in [-0.2, -0.15) is 0 Å². The Bertz CT molecular complexity index is 522. The molecule has 0 aliphatic carbocycles. The Morgan fingerprint density at radius 3 is 2.65 bits per heavy atom. The predicted octanol–water partition coefficient (Wildman–Crippen LogP) is 2.76. The summed E-state index contributed by atoms with van der Waals surface area (Å²) >= 11 is 5.98. The van der Waals surface area contributed by atoms with Crippen molar-refractivity contribution in [2.75, 3.05) is 14.1 Å². The first kappa shape index (κ1) is 12.1. The molecule has 0 aliphatic heterocycles. The average molecular weight is 252 g/mol. The van der Waals surface area contributed by atoms with E-state index >= 15 is 0 Å². The van der Waals surface area contributed by atoms with Crippen molar-refractivity contribution in [2.24, 2.45) is 0 Å². The van der Waals surface area contributed by atoms with Crippen molar-refractivity contribution in [3.63, 3.8) is 0 Å². The van der Waals surface area contributed by atoms with Crippen molar-refractivity contribution in [2.45, 2.75) is 13.5 Å². The highest BCUT2D eigenvalue weighted by Crippen LogP contribution is 2.22. The Morgan fingerprint density at radius 1 is 1.29 bits per heavy atom. The molecule has 0 N–H and O–H groups in total. The number of nitrogens with zero attached hydrogens (tertiary/aromatic N) is 3. The molecule has 0 spiro atoms. The highest BCUT2D eigenvalue weighted by molar-refractivity contribution is 6.29. The van der Waals surface area contributed by atoms with Crippen molar-refractivity contribution < 1.29 is 4.42 Å². The van der Waals surface area contributed by atoms with Gasteiger partial charge >= 0.3 is 0 Å². The fraction of sp³-hybridized carbons (Fsp3) is 0.333. The van der Waals surface area contributed by atoms with Gasteiger partial charge in [0.05, 0.1) is 6.54 Å². The van der Waals surface area contributed by atoms with Crippen molar-refractivity contribution in [3.05, 3.63) is 34.9 Å². The van der Waals surface area contributed by atoms with Gasteiger partial charge in [0, 0.05) is 6.07 Å². The van der Waals surface area contributed by atoms with E-state index < -0.39 is 0 Å². The Kier molecular flexibility index (Phi) is 3.45. The third-order valence-electron chi connectivity index (χ3n) is 2.19. The van der Waals surface area contributed by atoms with Crippen LogP contribution in [-0.4, -0.2) is 29.0 Å². The van der Waals surface area contributed by atoms with Crippen LogP contribution >= 0.6 is 11.6 Å². The van der Waals surface area contributed by atoms with Gasteiger partial charge in [-0.25, -0.2) is 9.97 Å². The lowest BCUT2D eigenvalue weighted by molar-refractivity contribution is 0.390. The third-order valence-corrected chi connectivity index (χ3v) is 2.39. The quantitative estimate of drug-likeness (QED) is 0.787. The minimum Gasteiger partial charge on any atom is -0.460 e. The molecule has 0 atom stereocenters. The van der Waals surface area contributed by atoms with Crippen LogP contribution in [0.5, 0.6) is 0 Å². The zero-order valence-corrected chi connectivity index (χ0v) is 10.8. The summed E-state index contributed by atoms with van der Waals surface area (Å²) < 4.78 is 5.52. The van der Waals surface area contributed by atoms with E-state index in [9.17, 15) is 0 Å². The summed E-state index contributed by atoms with van der Waals surface area (Å²) in [5.74, 6) is 2.25. The minimum atomic E-state index is 0.431. The second-order valence-electron chi connectivity index (χ2n) is 4.14. The smallest absolute Gasteiger partial charge is 0.152 e. The lowest BCUT2D eigenvalue weighted by atomic mass is 10.3. The molecule has 2 aromatic heterocycles. The van der Waals surface area contributed by atoms with E-state index in [1.807, 2.05) is 38.1 Å². The van der Waals surface area contributed by atoms with Crippen molar-refractivity contribution in [1.82, 2.24) is 14.9 Å². The summed E-state index contributed by atoms with van der Waals surface area (Å²) in [5.41, 5.74) is 0.718. The van der Waals surface area contributed by atoms with E-state index in [0.717, 1.165) is 11.5 Å². The minimum absolute atomic E-state index is 0.431. The molecule has 5 heteroatoms. The molecule has 2 heterocycles. The average Bonchev–Trinajstić information content (AvgIpc) is 2.62. The van der Waals surface area contributed by atoms with Crippen LogP contribution in [0.25, 0.3) is 11.5 Å². The molecule has 0 radical (unpaired) electrons. The molecule has 4 nitrogen and oxygen atoms in total. The first-order valence-electron chi connectivity index (χ1n) is 5.29. The SMILES string of the molecule is Cc1ccc(-c2cc(Cl)nc(CN(C)C)n2)o1. The van der Waals surface area contributed by atoms with E-state index in [0.29, 0.717) is 23.3 Å². The van der Waals surface area contributed by atoms with E-state index in [-0.39, 0.29) is 0 Å². The van der Waals surface area contributed by atoms with Crippen molar-refractivity contribution in [3.8, 4) is 11.5 Å². The zero-order chi connectivity index (χ0) is 12.4.